The lowest BCUT2D eigenvalue weighted by molar-refractivity contribution is -0.131. The Kier molecular flexibility index (Phi) is 9.07. The van der Waals surface area contributed by atoms with Crippen molar-refractivity contribution < 1.29 is 4.79 Å². The smallest absolute Gasteiger partial charge is 0.236 e. The molecule has 0 spiro atoms. The molecule has 3 fully saturated rings. The number of nitrogens with zero attached hydrogens (tertiary/aromatic N) is 2. The van der Waals surface area contributed by atoms with Crippen LogP contribution in [-0.2, 0) is 4.79 Å². The molecule has 0 radical (unpaired) electrons. The number of carbonyl (C=O) groups is 1. The van der Waals surface area contributed by atoms with Gasteiger partial charge in [-0.1, -0.05) is 6.42 Å². The van der Waals surface area contributed by atoms with Gasteiger partial charge in [0, 0.05) is 19.1 Å². The van der Waals surface area contributed by atoms with E-state index in [0.717, 1.165) is 25.6 Å². The zero-order chi connectivity index (χ0) is 13.8. The molecule has 0 aromatic heterocycles. The van der Waals surface area contributed by atoms with Gasteiger partial charge < -0.3 is 15.1 Å². The van der Waals surface area contributed by atoms with Crippen LogP contribution in [0.2, 0.25) is 0 Å². The molecule has 1 atom stereocenters. The van der Waals surface area contributed by atoms with Crippen LogP contribution < -0.4 is 5.32 Å². The third-order valence-corrected chi connectivity index (χ3v) is 5.02. The Morgan fingerprint density at radius 3 is 2.36 bits per heavy atom. The lowest BCUT2D eigenvalue weighted by atomic mass is 10.1. The summed E-state index contributed by atoms with van der Waals surface area (Å²) >= 11 is 0. The van der Waals surface area contributed by atoms with Gasteiger partial charge in [0.05, 0.1) is 6.54 Å². The fourth-order valence-corrected chi connectivity index (χ4v) is 3.60. The molecule has 4 nitrogen and oxygen atoms in total. The van der Waals surface area contributed by atoms with Crippen molar-refractivity contribution in [3.05, 3.63) is 0 Å². The van der Waals surface area contributed by atoms with Gasteiger partial charge in [-0.2, -0.15) is 0 Å². The first-order valence-corrected chi connectivity index (χ1v) is 8.55. The molecule has 0 aromatic rings. The summed E-state index contributed by atoms with van der Waals surface area (Å²) in [5.74, 6) is 1.18. The highest BCUT2D eigenvalue weighted by molar-refractivity contribution is 5.85. The van der Waals surface area contributed by atoms with Crippen molar-refractivity contribution in [2.45, 2.75) is 51.0 Å². The molecule has 2 aliphatic heterocycles. The van der Waals surface area contributed by atoms with Gasteiger partial charge in [-0.05, 0) is 64.1 Å². The topological polar surface area (TPSA) is 35.6 Å². The predicted molar refractivity (Wildman–Crippen MR) is 95.1 cm³/mol. The Morgan fingerprint density at radius 2 is 1.68 bits per heavy atom. The van der Waals surface area contributed by atoms with Gasteiger partial charge in [0.1, 0.15) is 0 Å². The third kappa shape index (κ3) is 5.88. The maximum absolute atomic E-state index is 12.3. The SMILES string of the molecule is Cl.Cl.O=C(CNCC1CC1)N1CCCC1CN1CCCCC1. The first-order chi connectivity index (χ1) is 9.83. The minimum atomic E-state index is 0. The molecule has 2 heterocycles. The number of amides is 1. The summed E-state index contributed by atoms with van der Waals surface area (Å²) in [6.07, 6.45) is 9.14. The van der Waals surface area contributed by atoms with Crippen LogP contribution >= 0.6 is 24.8 Å². The zero-order valence-corrected chi connectivity index (χ0v) is 15.1. The quantitative estimate of drug-likeness (QED) is 0.797. The van der Waals surface area contributed by atoms with Crippen LogP contribution in [0.3, 0.4) is 0 Å². The number of piperidine rings is 1. The number of halogens is 2. The van der Waals surface area contributed by atoms with Gasteiger partial charge in [-0.25, -0.2) is 0 Å². The van der Waals surface area contributed by atoms with E-state index in [1.807, 2.05) is 0 Å². The van der Waals surface area contributed by atoms with Crippen LogP contribution in [0.25, 0.3) is 0 Å². The van der Waals surface area contributed by atoms with Crippen molar-refractivity contribution in [3.8, 4) is 0 Å². The van der Waals surface area contributed by atoms with Gasteiger partial charge >= 0.3 is 0 Å². The Bertz CT molecular complexity index is 333. The second-order valence-electron chi connectivity index (χ2n) is 6.82. The Labute approximate surface area is 147 Å². The first-order valence-electron chi connectivity index (χ1n) is 8.55. The monoisotopic (exact) mass is 351 g/mol. The summed E-state index contributed by atoms with van der Waals surface area (Å²) in [5.41, 5.74) is 0. The lowest BCUT2D eigenvalue weighted by Gasteiger charge is -2.33. The summed E-state index contributed by atoms with van der Waals surface area (Å²) in [6, 6.07) is 0.475. The van der Waals surface area contributed by atoms with E-state index in [2.05, 4.69) is 15.1 Å². The van der Waals surface area contributed by atoms with Crippen molar-refractivity contribution >= 4 is 30.7 Å². The highest BCUT2D eigenvalue weighted by Crippen LogP contribution is 2.27. The first kappa shape index (κ1) is 20.0. The van der Waals surface area contributed by atoms with Gasteiger partial charge in [0.25, 0.3) is 0 Å². The van der Waals surface area contributed by atoms with Crippen LogP contribution in [0.1, 0.15) is 44.9 Å². The van der Waals surface area contributed by atoms with Crippen LogP contribution in [0, 0.1) is 5.92 Å². The molecule has 6 heteroatoms. The van der Waals surface area contributed by atoms with E-state index in [0.29, 0.717) is 18.5 Å². The highest BCUT2D eigenvalue weighted by Gasteiger charge is 2.30. The second kappa shape index (κ2) is 9.96. The minimum absolute atomic E-state index is 0. The number of likely N-dealkylation sites (tertiary alicyclic amines) is 2. The van der Waals surface area contributed by atoms with Crippen LogP contribution in [0.5, 0.6) is 0 Å². The fraction of sp³-hybridized carbons (Fsp3) is 0.938. The molecule has 0 aromatic carbocycles. The molecule has 3 aliphatic rings. The zero-order valence-electron chi connectivity index (χ0n) is 13.5. The molecule has 3 rings (SSSR count). The van der Waals surface area contributed by atoms with E-state index in [9.17, 15) is 4.79 Å². The van der Waals surface area contributed by atoms with Crippen molar-refractivity contribution in [2.24, 2.45) is 5.92 Å². The Balaban J connectivity index is 0.00000121. The Hall–Kier alpha value is -0.0300. The van der Waals surface area contributed by atoms with E-state index in [-0.39, 0.29) is 24.8 Å². The summed E-state index contributed by atoms with van der Waals surface area (Å²) in [6.45, 7) is 6.14. The van der Waals surface area contributed by atoms with E-state index >= 15 is 0 Å². The standard InChI is InChI=1S/C16H29N3O.2ClH/c20-16(12-17-11-14-6-7-14)19-10-4-5-15(19)13-18-8-2-1-3-9-18;;/h14-15,17H,1-13H2;2*1H. The van der Waals surface area contributed by atoms with Crippen molar-refractivity contribution in [2.75, 3.05) is 39.3 Å². The molecule has 1 aliphatic carbocycles. The van der Waals surface area contributed by atoms with E-state index in [1.165, 1.54) is 58.0 Å². The fourth-order valence-electron chi connectivity index (χ4n) is 3.60. The van der Waals surface area contributed by atoms with Gasteiger partial charge in [0.2, 0.25) is 5.91 Å². The predicted octanol–water partition coefficient (Wildman–Crippen LogP) is 2.31. The average Bonchev–Trinajstić information content (AvgIpc) is 3.17. The highest BCUT2D eigenvalue weighted by atomic mass is 35.5. The minimum Gasteiger partial charge on any atom is -0.337 e. The summed E-state index contributed by atoms with van der Waals surface area (Å²) in [7, 11) is 0. The largest absolute Gasteiger partial charge is 0.337 e. The summed E-state index contributed by atoms with van der Waals surface area (Å²) in [4.78, 5) is 17.1. The summed E-state index contributed by atoms with van der Waals surface area (Å²) in [5, 5.41) is 3.34. The molecule has 1 N–H and O–H groups in total. The molecule has 22 heavy (non-hydrogen) atoms. The number of carbonyl (C=O) groups excluding carboxylic acids is 1. The van der Waals surface area contributed by atoms with Gasteiger partial charge in [0.15, 0.2) is 0 Å². The van der Waals surface area contributed by atoms with Crippen molar-refractivity contribution in [1.29, 1.82) is 0 Å². The van der Waals surface area contributed by atoms with Gasteiger partial charge in [-0.15, -0.1) is 24.8 Å². The van der Waals surface area contributed by atoms with E-state index in [1.54, 1.807) is 0 Å². The van der Waals surface area contributed by atoms with Crippen LogP contribution in [0.4, 0.5) is 0 Å². The number of rotatable bonds is 6. The average molecular weight is 352 g/mol. The van der Waals surface area contributed by atoms with Crippen molar-refractivity contribution in [3.63, 3.8) is 0 Å². The molecule has 1 amide bonds. The number of hydrogen-bond acceptors (Lipinski definition) is 3. The van der Waals surface area contributed by atoms with Gasteiger partial charge in [-0.3, -0.25) is 4.79 Å². The summed E-state index contributed by atoms with van der Waals surface area (Å²) < 4.78 is 0. The molecular formula is C16H31Cl2N3O. The van der Waals surface area contributed by atoms with E-state index in [4.69, 9.17) is 0 Å². The van der Waals surface area contributed by atoms with Crippen molar-refractivity contribution in [1.82, 2.24) is 15.1 Å². The van der Waals surface area contributed by atoms with Crippen LogP contribution in [-0.4, -0.2) is 61.0 Å². The third-order valence-electron chi connectivity index (χ3n) is 5.02. The normalized spacial score (nSPS) is 25.5. The molecule has 130 valence electrons. The molecule has 2 saturated heterocycles. The lowest BCUT2D eigenvalue weighted by Crippen LogP contribution is -2.47. The molecule has 1 unspecified atom stereocenters. The second-order valence-corrected chi connectivity index (χ2v) is 6.82. The Morgan fingerprint density at radius 1 is 0.955 bits per heavy atom. The molecule has 0 bridgehead atoms. The maximum Gasteiger partial charge on any atom is 0.236 e. The van der Waals surface area contributed by atoms with Crippen LogP contribution in [0.15, 0.2) is 0 Å². The molecular weight excluding hydrogens is 321 g/mol. The number of hydrogen-bond donors (Lipinski definition) is 1. The maximum atomic E-state index is 12.3. The molecule has 1 saturated carbocycles. The number of nitrogens with one attached hydrogen (secondary N) is 1. The van der Waals surface area contributed by atoms with E-state index < -0.39 is 0 Å².